The lowest BCUT2D eigenvalue weighted by atomic mass is 10.3. The van der Waals surface area contributed by atoms with Gasteiger partial charge in [0.25, 0.3) is 0 Å². The summed E-state index contributed by atoms with van der Waals surface area (Å²) in [6.45, 7) is 5.79. The number of carbonyl (C=O) groups is 1. The van der Waals surface area contributed by atoms with Crippen LogP contribution in [0.3, 0.4) is 0 Å². The zero-order valence-electron chi connectivity index (χ0n) is 10.7. The van der Waals surface area contributed by atoms with Crippen LogP contribution in [-0.2, 0) is 4.79 Å². The average Bonchev–Trinajstić information content (AvgIpc) is 2.69. The van der Waals surface area contributed by atoms with Crippen LogP contribution in [0.2, 0.25) is 0 Å². The zero-order valence-corrected chi connectivity index (χ0v) is 11.5. The number of amides is 1. The van der Waals surface area contributed by atoms with Gasteiger partial charge in [0.15, 0.2) is 5.16 Å². The molecule has 0 radical (unpaired) electrons. The molecule has 96 valence electrons. The number of aromatic nitrogens is 2. The molecule has 1 aromatic carbocycles. The molecule has 2 aromatic rings. The Morgan fingerprint density at radius 1 is 1.33 bits per heavy atom. The summed E-state index contributed by atoms with van der Waals surface area (Å²) < 4.78 is 0. The smallest absolute Gasteiger partial charge is 0.233 e. The third-order valence-corrected chi connectivity index (χ3v) is 3.44. The Hall–Kier alpha value is -1.49. The van der Waals surface area contributed by atoms with Crippen LogP contribution >= 0.6 is 11.8 Å². The van der Waals surface area contributed by atoms with Crippen LogP contribution in [0.1, 0.15) is 20.8 Å². The van der Waals surface area contributed by atoms with Crippen LogP contribution in [0.25, 0.3) is 11.0 Å². The Morgan fingerprint density at radius 2 is 2.06 bits per heavy atom. The van der Waals surface area contributed by atoms with E-state index in [0.29, 0.717) is 0 Å². The van der Waals surface area contributed by atoms with E-state index in [1.54, 1.807) is 0 Å². The minimum absolute atomic E-state index is 0.0375. The Morgan fingerprint density at radius 3 is 2.72 bits per heavy atom. The average molecular weight is 263 g/mol. The van der Waals surface area contributed by atoms with Crippen molar-refractivity contribution in [1.82, 2.24) is 15.3 Å². The molecule has 2 rings (SSSR count). The molecule has 1 amide bonds. The molecule has 18 heavy (non-hydrogen) atoms. The second-order valence-corrected chi connectivity index (χ2v) is 5.81. The fourth-order valence-corrected chi connectivity index (χ4v) is 2.44. The number of rotatable bonds is 4. The van der Waals surface area contributed by atoms with E-state index >= 15 is 0 Å². The number of hydrogen-bond donors (Lipinski definition) is 2. The van der Waals surface area contributed by atoms with Gasteiger partial charge in [0, 0.05) is 6.04 Å². The largest absolute Gasteiger partial charge is 0.353 e. The van der Waals surface area contributed by atoms with Crippen molar-refractivity contribution in [3.05, 3.63) is 24.3 Å². The highest BCUT2D eigenvalue weighted by molar-refractivity contribution is 8.00. The third kappa shape index (κ3) is 3.04. The van der Waals surface area contributed by atoms with E-state index in [4.69, 9.17) is 0 Å². The lowest BCUT2D eigenvalue weighted by Crippen LogP contribution is -2.35. The maximum Gasteiger partial charge on any atom is 0.233 e. The summed E-state index contributed by atoms with van der Waals surface area (Å²) in [4.78, 5) is 19.4. The molecule has 0 aliphatic heterocycles. The molecule has 0 aliphatic rings. The number of thioether (sulfide) groups is 1. The molecule has 5 heteroatoms. The molecule has 4 nitrogen and oxygen atoms in total. The van der Waals surface area contributed by atoms with Crippen molar-refractivity contribution in [3.63, 3.8) is 0 Å². The topological polar surface area (TPSA) is 57.8 Å². The maximum absolute atomic E-state index is 11.8. The van der Waals surface area contributed by atoms with Crippen molar-refractivity contribution >= 4 is 28.7 Å². The molecule has 0 fully saturated rings. The molecule has 1 aromatic heterocycles. The van der Waals surface area contributed by atoms with Gasteiger partial charge in [-0.05, 0) is 32.9 Å². The van der Waals surface area contributed by atoms with Gasteiger partial charge in [0.1, 0.15) is 0 Å². The number of benzene rings is 1. The van der Waals surface area contributed by atoms with Gasteiger partial charge in [0.2, 0.25) is 5.91 Å². The SMILES string of the molecule is CC(C)NC(=O)[C@H](C)Sc1nc2ccccc2[nH]1. The second kappa shape index (κ2) is 5.44. The molecule has 1 atom stereocenters. The lowest BCUT2D eigenvalue weighted by molar-refractivity contribution is -0.120. The first-order valence-corrected chi connectivity index (χ1v) is 6.86. The fraction of sp³-hybridized carbons (Fsp3) is 0.385. The molecule has 0 saturated carbocycles. The molecular weight excluding hydrogens is 246 g/mol. The van der Waals surface area contributed by atoms with E-state index in [2.05, 4.69) is 15.3 Å². The summed E-state index contributed by atoms with van der Waals surface area (Å²) in [5.41, 5.74) is 1.92. The Bertz CT molecular complexity index is 517. The van der Waals surface area contributed by atoms with Crippen molar-refractivity contribution in [3.8, 4) is 0 Å². The van der Waals surface area contributed by atoms with E-state index in [1.165, 1.54) is 11.8 Å². The highest BCUT2D eigenvalue weighted by Crippen LogP contribution is 2.23. The van der Waals surface area contributed by atoms with Gasteiger partial charge in [-0.2, -0.15) is 0 Å². The molecule has 0 unspecified atom stereocenters. The number of para-hydroxylation sites is 2. The van der Waals surface area contributed by atoms with Crippen LogP contribution in [-0.4, -0.2) is 27.2 Å². The molecular formula is C13H17N3OS. The number of aromatic amines is 1. The van der Waals surface area contributed by atoms with E-state index in [-0.39, 0.29) is 17.2 Å². The van der Waals surface area contributed by atoms with E-state index in [1.807, 2.05) is 45.0 Å². The summed E-state index contributed by atoms with van der Waals surface area (Å²) in [5.74, 6) is 0.0375. The predicted molar refractivity (Wildman–Crippen MR) is 74.7 cm³/mol. The van der Waals surface area contributed by atoms with E-state index in [9.17, 15) is 4.79 Å². The molecule has 0 bridgehead atoms. The van der Waals surface area contributed by atoms with Crippen molar-refractivity contribution in [2.45, 2.75) is 37.2 Å². The number of nitrogens with zero attached hydrogens (tertiary/aromatic N) is 1. The standard InChI is InChI=1S/C13H17N3OS/c1-8(2)14-12(17)9(3)18-13-15-10-6-4-5-7-11(10)16-13/h4-9H,1-3H3,(H,14,17)(H,15,16)/t9-/m0/s1. The van der Waals surface area contributed by atoms with Crippen LogP contribution in [0.15, 0.2) is 29.4 Å². The monoisotopic (exact) mass is 263 g/mol. The Balaban J connectivity index is 2.06. The molecule has 0 aliphatic carbocycles. The van der Waals surface area contributed by atoms with Crippen LogP contribution in [0.5, 0.6) is 0 Å². The van der Waals surface area contributed by atoms with Crippen LogP contribution in [0, 0.1) is 0 Å². The second-order valence-electron chi connectivity index (χ2n) is 4.48. The minimum Gasteiger partial charge on any atom is -0.353 e. The van der Waals surface area contributed by atoms with Gasteiger partial charge in [-0.1, -0.05) is 23.9 Å². The fourth-order valence-electron chi connectivity index (χ4n) is 1.61. The quantitative estimate of drug-likeness (QED) is 0.834. The van der Waals surface area contributed by atoms with Crippen LogP contribution in [0.4, 0.5) is 0 Å². The normalized spacial score (nSPS) is 12.9. The third-order valence-electron chi connectivity index (χ3n) is 2.46. The van der Waals surface area contributed by atoms with Gasteiger partial charge < -0.3 is 10.3 Å². The first kappa shape index (κ1) is 13.0. The van der Waals surface area contributed by atoms with Crippen molar-refractivity contribution in [2.24, 2.45) is 0 Å². The first-order valence-electron chi connectivity index (χ1n) is 5.98. The molecule has 2 N–H and O–H groups in total. The Labute approximate surface area is 111 Å². The van der Waals surface area contributed by atoms with Crippen molar-refractivity contribution in [1.29, 1.82) is 0 Å². The summed E-state index contributed by atoms with van der Waals surface area (Å²) in [6.07, 6.45) is 0. The zero-order chi connectivity index (χ0) is 13.1. The summed E-state index contributed by atoms with van der Waals surface area (Å²) in [6, 6.07) is 8.01. The van der Waals surface area contributed by atoms with Gasteiger partial charge in [-0.25, -0.2) is 4.98 Å². The number of fused-ring (bicyclic) bond motifs is 1. The van der Waals surface area contributed by atoms with Gasteiger partial charge in [-0.15, -0.1) is 0 Å². The maximum atomic E-state index is 11.8. The van der Waals surface area contributed by atoms with Crippen LogP contribution < -0.4 is 5.32 Å². The number of H-pyrrole nitrogens is 1. The summed E-state index contributed by atoms with van der Waals surface area (Å²) >= 11 is 1.44. The minimum atomic E-state index is -0.159. The lowest BCUT2D eigenvalue weighted by Gasteiger charge is -2.12. The molecule has 0 saturated heterocycles. The number of hydrogen-bond acceptors (Lipinski definition) is 3. The molecule has 1 heterocycles. The molecule has 0 spiro atoms. The van der Waals surface area contributed by atoms with Crippen molar-refractivity contribution < 1.29 is 4.79 Å². The summed E-state index contributed by atoms with van der Waals surface area (Å²) in [7, 11) is 0. The summed E-state index contributed by atoms with van der Waals surface area (Å²) in [5, 5.41) is 3.52. The number of nitrogens with one attached hydrogen (secondary N) is 2. The van der Waals surface area contributed by atoms with Gasteiger partial charge in [-0.3, -0.25) is 4.79 Å². The highest BCUT2D eigenvalue weighted by atomic mass is 32.2. The van der Waals surface area contributed by atoms with Gasteiger partial charge in [0.05, 0.1) is 16.3 Å². The Kier molecular flexibility index (Phi) is 3.91. The van der Waals surface area contributed by atoms with Gasteiger partial charge >= 0.3 is 0 Å². The van der Waals surface area contributed by atoms with E-state index in [0.717, 1.165) is 16.2 Å². The number of imidazole rings is 1. The predicted octanol–water partition coefficient (Wildman–Crippen LogP) is 2.57. The van der Waals surface area contributed by atoms with Crippen molar-refractivity contribution in [2.75, 3.05) is 0 Å². The van der Waals surface area contributed by atoms with E-state index < -0.39 is 0 Å². The number of carbonyl (C=O) groups excluding carboxylic acids is 1. The highest BCUT2D eigenvalue weighted by Gasteiger charge is 2.16. The first-order chi connectivity index (χ1) is 8.56.